The Morgan fingerprint density at radius 1 is 1.18 bits per heavy atom. The van der Waals surface area contributed by atoms with Crippen molar-refractivity contribution in [2.75, 3.05) is 5.32 Å². The number of aromatic nitrogens is 2. The van der Waals surface area contributed by atoms with Gasteiger partial charge in [0.1, 0.15) is 9.61 Å². The van der Waals surface area contributed by atoms with Crippen LogP contribution in [0.3, 0.4) is 0 Å². The van der Waals surface area contributed by atoms with Crippen LogP contribution in [0.25, 0.3) is 10.6 Å². The molecule has 0 saturated carbocycles. The van der Waals surface area contributed by atoms with E-state index in [1.54, 1.807) is 29.7 Å². The predicted molar refractivity (Wildman–Crippen MR) is 91.8 cm³/mol. The van der Waals surface area contributed by atoms with Gasteiger partial charge in [-0.25, -0.2) is 9.97 Å². The van der Waals surface area contributed by atoms with Gasteiger partial charge in [0.05, 0.1) is 24.0 Å². The van der Waals surface area contributed by atoms with E-state index < -0.39 is 0 Å². The van der Waals surface area contributed by atoms with Crippen molar-refractivity contribution in [3.8, 4) is 10.6 Å². The highest BCUT2D eigenvalue weighted by Crippen LogP contribution is 2.23. The molecule has 1 aromatic carbocycles. The summed E-state index contributed by atoms with van der Waals surface area (Å²) in [7, 11) is 0. The summed E-state index contributed by atoms with van der Waals surface area (Å²) in [5.41, 5.74) is 2.51. The maximum absolute atomic E-state index is 12.0. The van der Waals surface area contributed by atoms with E-state index in [9.17, 15) is 4.79 Å². The summed E-state index contributed by atoms with van der Waals surface area (Å²) in [4.78, 5) is 20.6. The van der Waals surface area contributed by atoms with E-state index >= 15 is 0 Å². The summed E-state index contributed by atoms with van der Waals surface area (Å²) in [6, 6.07) is 13.5. The molecule has 0 radical (unpaired) electrons. The Morgan fingerprint density at radius 2 is 2.00 bits per heavy atom. The number of carbonyl (C=O) groups is 1. The summed E-state index contributed by atoms with van der Waals surface area (Å²) in [5.74, 6) is -0.103. The molecule has 0 aliphatic carbocycles. The van der Waals surface area contributed by atoms with Crippen LogP contribution in [0.15, 0.2) is 58.6 Å². The van der Waals surface area contributed by atoms with Crippen LogP contribution in [0.1, 0.15) is 5.69 Å². The first kappa shape index (κ1) is 14.9. The van der Waals surface area contributed by atoms with E-state index in [1.807, 2.05) is 35.7 Å². The molecular formula is C16H12BrN3OS. The number of carbonyl (C=O) groups excluding carboxylic acids is 1. The molecule has 1 N–H and O–H groups in total. The van der Waals surface area contributed by atoms with Gasteiger partial charge >= 0.3 is 0 Å². The Kier molecular flexibility index (Phi) is 4.60. The highest BCUT2D eigenvalue weighted by molar-refractivity contribution is 9.10. The van der Waals surface area contributed by atoms with E-state index in [2.05, 4.69) is 31.2 Å². The molecule has 2 aromatic heterocycles. The number of rotatable bonds is 4. The second kappa shape index (κ2) is 6.81. The van der Waals surface area contributed by atoms with Crippen molar-refractivity contribution in [3.63, 3.8) is 0 Å². The van der Waals surface area contributed by atoms with Crippen molar-refractivity contribution in [1.82, 2.24) is 9.97 Å². The normalized spacial score (nSPS) is 10.4. The minimum Gasteiger partial charge on any atom is -0.324 e. The quantitative estimate of drug-likeness (QED) is 0.698. The van der Waals surface area contributed by atoms with E-state index in [-0.39, 0.29) is 12.3 Å². The fourth-order valence-corrected chi connectivity index (χ4v) is 2.98. The molecule has 4 nitrogen and oxygen atoms in total. The molecule has 3 aromatic rings. The number of thiazole rings is 1. The molecule has 0 aliphatic rings. The summed E-state index contributed by atoms with van der Waals surface area (Å²) in [6.45, 7) is 0. The zero-order valence-corrected chi connectivity index (χ0v) is 13.9. The van der Waals surface area contributed by atoms with Gasteiger partial charge in [0.2, 0.25) is 5.91 Å². The third-order valence-electron chi connectivity index (χ3n) is 2.93. The lowest BCUT2D eigenvalue weighted by molar-refractivity contribution is -0.115. The molecule has 0 spiro atoms. The Balaban J connectivity index is 1.65. The molecule has 6 heteroatoms. The van der Waals surface area contributed by atoms with Crippen molar-refractivity contribution in [3.05, 3.63) is 64.3 Å². The molecule has 2 heterocycles. The van der Waals surface area contributed by atoms with Crippen LogP contribution in [0, 0.1) is 0 Å². The number of amides is 1. The van der Waals surface area contributed by atoms with Gasteiger partial charge in [-0.05, 0) is 28.1 Å². The topological polar surface area (TPSA) is 54.9 Å². The summed E-state index contributed by atoms with van der Waals surface area (Å²) in [5, 5.41) is 5.65. The summed E-state index contributed by atoms with van der Waals surface area (Å²) >= 11 is 4.80. The van der Waals surface area contributed by atoms with E-state index in [1.165, 1.54) is 0 Å². The Hall–Kier alpha value is -2.05. The Labute approximate surface area is 140 Å². The lowest BCUT2D eigenvalue weighted by Gasteiger charge is -2.03. The highest BCUT2D eigenvalue weighted by Gasteiger charge is 2.09. The Bertz CT molecular complexity index is 772. The summed E-state index contributed by atoms with van der Waals surface area (Å²) < 4.78 is 0.734. The first-order valence-electron chi connectivity index (χ1n) is 6.62. The smallest absolute Gasteiger partial charge is 0.230 e. The number of benzene rings is 1. The van der Waals surface area contributed by atoms with Gasteiger partial charge < -0.3 is 5.32 Å². The monoisotopic (exact) mass is 373 g/mol. The number of nitrogens with zero attached hydrogens (tertiary/aromatic N) is 2. The van der Waals surface area contributed by atoms with E-state index in [0.29, 0.717) is 5.69 Å². The highest BCUT2D eigenvalue weighted by atomic mass is 79.9. The molecule has 22 heavy (non-hydrogen) atoms. The van der Waals surface area contributed by atoms with Gasteiger partial charge in [0.25, 0.3) is 0 Å². The molecule has 0 atom stereocenters. The zero-order valence-electron chi connectivity index (χ0n) is 11.5. The van der Waals surface area contributed by atoms with Gasteiger partial charge in [-0.1, -0.05) is 30.3 Å². The fourth-order valence-electron chi connectivity index (χ4n) is 1.92. The lowest BCUT2D eigenvalue weighted by Crippen LogP contribution is -2.14. The standard InChI is InChI=1S/C16H12BrN3OS/c17-14-7-6-12(9-18-14)19-15(21)8-13-10-22-16(20-13)11-4-2-1-3-5-11/h1-7,9-10H,8H2,(H,19,21). The average Bonchev–Trinajstić information content (AvgIpc) is 2.99. The first-order valence-corrected chi connectivity index (χ1v) is 8.29. The Morgan fingerprint density at radius 3 is 2.73 bits per heavy atom. The molecule has 0 bridgehead atoms. The second-order valence-electron chi connectivity index (χ2n) is 4.60. The lowest BCUT2D eigenvalue weighted by atomic mass is 10.2. The van der Waals surface area contributed by atoms with Crippen molar-refractivity contribution in [1.29, 1.82) is 0 Å². The van der Waals surface area contributed by atoms with Crippen molar-refractivity contribution < 1.29 is 4.79 Å². The minimum atomic E-state index is -0.103. The molecular weight excluding hydrogens is 362 g/mol. The van der Waals surface area contributed by atoms with Gasteiger partial charge in [-0.3, -0.25) is 4.79 Å². The molecule has 0 saturated heterocycles. The van der Waals surface area contributed by atoms with Crippen molar-refractivity contribution in [2.24, 2.45) is 0 Å². The first-order chi connectivity index (χ1) is 10.7. The van der Waals surface area contributed by atoms with E-state index in [0.717, 1.165) is 20.9 Å². The largest absolute Gasteiger partial charge is 0.324 e. The predicted octanol–water partition coefficient (Wildman–Crippen LogP) is 4.15. The zero-order chi connectivity index (χ0) is 15.4. The van der Waals surface area contributed by atoms with Gasteiger partial charge in [-0.2, -0.15) is 0 Å². The molecule has 110 valence electrons. The van der Waals surface area contributed by atoms with Crippen LogP contribution < -0.4 is 5.32 Å². The second-order valence-corrected chi connectivity index (χ2v) is 6.28. The average molecular weight is 374 g/mol. The van der Waals surface area contributed by atoms with Crippen molar-refractivity contribution >= 4 is 38.9 Å². The number of nitrogens with one attached hydrogen (secondary N) is 1. The van der Waals surface area contributed by atoms with Crippen LogP contribution in [-0.4, -0.2) is 15.9 Å². The fraction of sp³-hybridized carbons (Fsp3) is 0.0625. The molecule has 0 fully saturated rings. The molecule has 1 amide bonds. The van der Waals surface area contributed by atoms with Crippen LogP contribution in [0.2, 0.25) is 0 Å². The molecule has 3 rings (SSSR count). The SMILES string of the molecule is O=C(Cc1csc(-c2ccccc2)n1)Nc1ccc(Br)nc1. The molecule has 0 aliphatic heterocycles. The maximum Gasteiger partial charge on any atom is 0.230 e. The third kappa shape index (κ3) is 3.78. The number of pyridine rings is 1. The maximum atomic E-state index is 12.0. The van der Waals surface area contributed by atoms with Crippen LogP contribution >= 0.6 is 27.3 Å². The van der Waals surface area contributed by atoms with Gasteiger partial charge in [-0.15, -0.1) is 11.3 Å². The number of hydrogen-bond donors (Lipinski definition) is 1. The summed E-state index contributed by atoms with van der Waals surface area (Å²) in [6.07, 6.45) is 1.86. The number of halogens is 1. The van der Waals surface area contributed by atoms with Crippen LogP contribution in [0.5, 0.6) is 0 Å². The van der Waals surface area contributed by atoms with Crippen LogP contribution in [-0.2, 0) is 11.2 Å². The number of anilines is 1. The third-order valence-corrected chi connectivity index (χ3v) is 4.33. The molecule has 0 unspecified atom stereocenters. The van der Waals surface area contributed by atoms with Crippen LogP contribution in [0.4, 0.5) is 5.69 Å². The van der Waals surface area contributed by atoms with E-state index in [4.69, 9.17) is 0 Å². The van der Waals surface area contributed by atoms with Crippen molar-refractivity contribution in [2.45, 2.75) is 6.42 Å². The van der Waals surface area contributed by atoms with Gasteiger partial charge in [0.15, 0.2) is 0 Å². The number of hydrogen-bond acceptors (Lipinski definition) is 4. The van der Waals surface area contributed by atoms with Gasteiger partial charge in [0, 0.05) is 10.9 Å². The minimum absolute atomic E-state index is 0.103.